The second-order valence-corrected chi connectivity index (χ2v) is 7.45. The van der Waals surface area contributed by atoms with Gasteiger partial charge in [0.1, 0.15) is 0 Å². The minimum atomic E-state index is -3.27. The van der Waals surface area contributed by atoms with Crippen LogP contribution in [-0.2, 0) is 9.84 Å². The van der Waals surface area contributed by atoms with Gasteiger partial charge >= 0.3 is 0 Å². The van der Waals surface area contributed by atoms with Crippen molar-refractivity contribution in [3.8, 4) is 0 Å². The van der Waals surface area contributed by atoms with Gasteiger partial charge in [-0.1, -0.05) is 39.8 Å². The number of nitrogens with two attached hydrogens (primary N) is 1. The van der Waals surface area contributed by atoms with Crippen LogP contribution < -0.4 is 5.73 Å². The van der Waals surface area contributed by atoms with Crippen LogP contribution in [0.2, 0.25) is 0 Å². The number of hydrogen-bond acceptors (Lipinski definition) is 3. The summed E-state index contributed by atoms with van der Waals surface area (Å²) >= 11 is 0. The van der Waals surface area contributed by atoms with E-state index < -0.39 is 9.84 Å². The van der Waals surface area contributed by atoms with Crippen molar-refractivity contribution in [2.45, 2.75) is 44.6 Å². The monoisotopic (exact) mass is 269 g/mol. The van der Waals surface area contributed by atoms with Crippen LogP contribution in [0.15, 0.2) is 29.2 Å². The van der Waals surface area contributed by atoms with E-state index in [4.69, 9.17) is 5.73 Å². The number of hydrogen-bond donors (Lipinski definition) is 1. The summed E-state index contributed by atoms with van der Waals surface area (Å²) in [5.74, 6) is 0.570. The predicted octanol–water partition coefficient (Wildman–Crippen LogP) is 2.57. The number of rotatable bonds is 5. The van der Waals surface area contributed by atoms with Crippen LogP contribution >= 0.6 is 0 Å². The van der Waals surface area contributed by atoms with Gasteiger partial charge in [-0.05, 0) is 29.5 Å². The Hall–Kier alpha value is -0.870. The number of benzene rings is 1. The van der Waals surface area contributed by atoms with Gasteiger partial charge in [0.05, 0.1) is 10.6 Å². The third-order valence-electron chi connectivity index (χ3n) is 3.17. The Kier molecular flexibility index (Phi) is 4.93. The molecule has 102 valence electrons. The molecule has 3 nitrogen and oxygen atoms in total. The molecule has 0 fully saturated rings. The molecule has 0 aliphatic heterocycles. The van der Waals surface area contributed by atoms with E-state index in [9.17, 15) is 8.42 Å². The first-order valence-corrected chi connectivity index (χ1v) is 7.97. The summed E-state index contributed by atoms with van der Waals surface area (Å²) in [6, 6.07) is 6.78. The van der Waals surface area contributed by atoms with Gasteiger partial charge in [-0.15, -0.1) is 0 Å². The minimum Gasteiger partial charge on any atom is -0.327 e. The zero-order valence-corrected chi connectivity index (χ0v) is 12.4. The molecule has 0 saturated heterocycles. The lowest BCUT2D eigenvalue weighted by molar-refractivity contribution is 0.516. The summed E-state index contributed by atoms with van der Waals surface area (Å²) in [5.41, 5.74) is 6.98. The Morgan fingerprint density at radius 1 is 1.06 bits per heavy atom. The summed E-state index contributed by atoms with van der Waals surface area (Å²) < 4.78 is 24.3. The van der Waals surface area contributed by atoms with Crippen LogP contribution in [0.3, 0.4) is 0 Å². The van der Waals surface area contributed by atoms with Crippen molar-refractivity contribution in [1.29, 1.82) is 0 Å². The fourth-order valence-electron chi connectivity index (χ4n) is 1.60. The van der Waals surface area contributed by atoms with Crippen LogP contribution in [0.5, 0.6) is 0 Å². The Labute approximate surface area is 110 Å². The molecule has 0 aromatic heterocycles. The van der Waals surface area contributed by atoms with E-state index in [0.29, 0.717) is 10.8 Å². The Morgan fingerprint density at radius 2 is 1.56 bits per heavy atom. The Morgan fingerprint density at radius 3 is 1.94 bits per heavy atom. The first-order valence-electron chi connectivity index (χ1n) is 6.32. The molecule has 1 unspecified atom stereocenters. The highest BCUT2D eigenvalue weighted by Gasteiger charge is 2.20. The first kappa shape index (κ1) is 15.2. The third kappa shape index (κ3) is 3.82. The molecule has 18 heavy (non-hydrogen) atoms. The van der Waals surface area contributed by atoms with Gasteiger partial charge in [-0.25, -0.2) is 8.42 Å². The maximum atomic E-state index is 12.1. The van der Waals surface area contributed by atoms with Crippen LogP contribution in [0.25, 0.3) is 0 Å². The van der Waals surface area contributed by atoms with E-state index in [1.165, 1.54) is 0 Å². The highest BCUT2D eigenvalue weighted by atomic mass is 32.2. The van der Waals surface area contributed by atoms with Gasteiger partial charge in [-0.2, -0.15) is 0 Å². The average Bonchev–Trinajstić information content (AvgIpc) is 2.28. The van der Waals surface area contributed by atoms with Gasteiger partial charge in [0, 0.05) is 6.04 Å². The average molecular weight is 269 g/mol. The Balaban J connectivity index is 2.92. The van der Waals surface area contributed by atoms with Gasteiger partial charge in [0.25, 0.3) is 0 Å². The molecule has 4 heteroatoms. The van der Waals surface area contributed by atoms with E-state index in [1.54, 1.807) is 12.1 Å². The highest BCUT2D eigenvalue weighted by Crippen LogP contribution is 2.19. The number of sulfone groups is 1. The maximum Gasteiger partial charge on any atom is 0.179 e. The van der Waals surface area contributed by atoms with Gasteiger partial charge in [-0.3, -0.25) is 0 Å². The zero-order chi connectivity index (χ0) is 13.9. The Bertz CT molecular complexity index is 475. The molecular formula is C14H23NO2S. The van der Waals surface area contributed by atoms with E-state index in [2.05, 4.69) is 13.8 Å². The standard InChI is InChI=1S/C14H23NO2S/c1-10(2)12-5-7-13(8-6-12)18(16,17)9-14(15)11(3)4/h5-8,10-11,14H,9,15H2,1-4H3. The molecule has 1 aromatic rings. The van der Waals surface area contributed by atoms with Crippen molar-refractivity contribution in [3.05, 3.63) is 29.8 Å². The summed E-state index contributed by atoms with van der Waals surface area (Å²) in [4.78, 5) is 0.364. The van der Waals surface area contributed by atoms with Crippen molar-refractivity contribution >= 4 is 9.84 Å². The van der Waals surface area contributed by atoms with Crippen LogP contribution in [-0.4, -0.2) is 20.2 Å². The highest BCUT2D eigenvalue weighted by molar-refractivity contribution is 7.91. The fourth-order valence-corrected chi connectivity index (χ4v) is 3.24. The van der Waals surface area contributed by atoms with Crippen molar-refractivity contribution in [2.24, 2.45) is 11.7 Å². The van der Waals surface area contributed by atoms with Crippen LogP contribution in [0.4, 0.5) is 0 Å². The lowest BCUT2D eigenvalue weighted by Crippen LogP contribution is -2.34. The molecule has 1 aromatic carbocycles. The molecule has 1 rings (SSSR count). The molecule has 0 amide bonds. The van der Waals surface area contributed by atoms with Crippen molar-refractivity contribution in [1.82, 2.24) is 0 Å². The van der Waals surface area contributed by atoms with Gasteiger partial charge in [0.15, 0.2) is 9.84 Å². The molecule has 0 heterocycles. The quantitative estimate of drug-likeness (QED) is 0.893. The molecule has 0 saturated carbocycles. The van der Waals surface area contributed by atoms with E-state index in [1.807, 2.05) is 26.0 Å². The van der Waals surface area contributed by atoms with Crippen LogP contribution in [0.1, 0.15) is 39.2 Å². The molecule has 0 radical (unpaired) electrons. The summed E-state index contributed by atoms with van der Waals surface area (Å²) in [5, 5.41) is 0. The summed E-state index contributed by atoms with van der Waals surface area (Å²) in [7, 11) is -3.27. The minimum absolute atomic E-state index is 0.00565. The first-order chi connectivity index (χ1) is 8.24. The molecular weight excluding hydrogens is 246 g/mol. The topological polar surface area (TPSA) is 60.2 Å². The molecule has 1 atom stereocenters. The smallest absolute Gasteiger partial charge is 0.179 e. The van der Waals surface area contributed by atoms with Crippen molar-refractivity contribution < 1.29 is 8.42 Å². The predicted molar refractivity (Wildman–Crippen MR) is 75.4 cm³/mol. The molecule has 0 aliphatic rings. The largest absolute Gasteiger partial charge is 0.327 e. The van der Waals surface area contributed by atoms with Gasteiger partial charge in [0.2, 0.25) is 0 Å². The fraction of sp³-hybridized carbons (Fsp3) is 0.571. The molecule has 0 aliphatic carbocycles. The lowest BCUT2D eigenvalue weighted by Gasteiger charge is -2.16. The second kappa shape index (κ2) is 5.85. The molecule has 0 spiro atoms. The van der Waals surface area contributed by atoms with Crippen molar-refractivity contribution in [3.63, 3.8) is 0 Å². The lowest BCUT2D eigenvalue weighted by atomic mass is 10.0. The molecule has 0 bridgehead atoms. The van der Waals surface area contributed by atoms with Crippen molar-refractivity contribution in [2.75, 3.05) is 5.75 Å². The zero-order valence-electron chi connectivity index (χ0n) is 11.6. The van der Waals surface area contributed by atoms with Crippen LogP contribution in [0, 0.1) is 5.92 Å². The second-order valence-electron chi connectivity index (χ2n) is 5.41. The van der Waals surface area contributed by atoms with E-state index in [-0.39, 0.29) is 17.7 Å². The van der Waals surface area contributed by atoms with Gasteiger partial charge < -0.3 is 5.73 Å². The third-order valence-corrected chi connectivity index (χ3v) is 4.99. The SMILES string of the molecule is CC(C)c1ccc(S(=O)(=O)CC(N)C(C)C)cc1. The molecule has 2 N–H and O–H groups in total. The normalized spacial score (nSPS) is 14.2. The maximum absolute atomic E-state index is 12.1. The summed E-state index contributed by atoms with van der Waals surface area (Å²) in [6.45, 7) is 8.03. The summed E-state index contributed by atoms with van der Waals surface area (Å²) in [6.07, 6.45) is 0. The van der Waals surface area contributed by atoms with E-state index >= 15 is 0 Å². The van der Waals surface area contributed by atoms with E-state index in [0.717, 1.165) is 5.56 Å².